The van der Waals surface area contributed by atoms with Gasteiger partial charge in [-0.25, -0.2) is 9.78 Å². The third-order valence-electron chi connectivity index (χ3n) is 9.70. The van der Waals surface area contributed by atoms with Gasteiger partial charge in [0.15, 0.2) is 0 Å². The van der Waals surface area contributed by atoms with Crippen molar-refractivity contribution in [1.29, 1.82) is 0 Å². The lowest BCUT2D eigenvalue weighted by atomic mass is 9.84. The number of rotatable bonds is 12. The molecule has 3 aromatic heterocycles. The van der Waals surface area contributed by atoms with Gasteiger partial charge < -0.3 is 30.1 Å². The fourth-order valence-corrected chi connectivity index (χ4v) is 6.83. The number of hydrogen-bond acceptors (Lipinski definition) is 7. The molecule has 12 nitrogen and oxygen atoms in total. The molecule has 0 saturated heterocycles. The molecule has 12 heteroatoms. The highest BCUT2D eigenvalue weighted by atomic mass is 16.6. The normalized spacial score (nSPS) is 16.5. The number of aryl methyl sites for hydroxylation is 3. The Labute approximate surface area is 283 Å². The van der Waals surface area contributed by atoms with Gasteiger partial charge in [0.1, 0.15) is 6.04 Å². The molecule has 2 aliphatic heterocycles. The van der Waals surface area contributed by atoms with Crippen molar-refractivity contribution < 1.29 is 34.5 Å². The van der Waals surface area contributed by atoms with Gasteiger partial charge in [-0.05, 0) is 81.0 Å². The maximum Gasteiger partial charge on any atom is 0.338 e. The van der Waals surface area contributed by atoms with Crippen molar-refractivity contribution in [2.45, 2.75) is 85.1 Å². The number of carboxylic acids is 3. The number of aromatic amines is 2. The minimum atomic E-state index is -1.16. The molecule has 49 heavy (non-hydrogen) atoms. The first-order valence-corrected chi connectivity index (χ1v) is 16.4. The first kappa shape index (κ1) is 35.2. The number of nitrogens with one attached hydrogen (secondary N) is 3. The second kappa shape index (κ2) is 14.2. The summed E-state index contributed by atoms with van der Waals surface area (Å²) in [6.07, 6.45) is 2.82. The average Bonchev–Trinajstić information content (AvgIpc) is 3.72. The summed E-state index contributed by atoms with van der Waals surface area (Å²) in [7, 11) is 0. The van der Waals surface area contributed by atoms with E-state index >= 15 is 0 Å². The number of hydroxylamine groups is 1. The third kappa shape index (κ3) is 6.79. The average molecular weight is 670 g/mol. The molecule has 0 aliphatic carbocycles. The Morgan fingerprint density at radius 3 is 2.33 bits per heavy atom. The molecule has 2 aliphatic rings. The van der Waals surface area contributed by atoms with Crippen LogP contribution in [0.4, 0.5) is 0 Å². The molecular formula is C37H43N5O7. The number of allylic oxidation sites excluding steroid dienone is 1. The number of H-pyrrole nitrogens is 2. The van der Waals surface area contributed by atoms with Crippen molar-refractivity contribution in [1.82, 2.24) is 25.4 Å². The van der Waals surface area contributed by atoms with Gasteiger partial charge in [0.2, 0.25) is 0 Å². The van der Waals surface area contributed by atoms with E-state index in [-0.39, 0.29) is 49.0 Å². The second-order valence-corrected chi connectivity index (χ2v) is 12.7. The standard InChI is InChI=1S/C37H43N5O7/c1-8-22-17(3)26-14-28-19(5)24(10-11-32(43)44)34(40-28)25(12-13-49-42-21(7)36(45)46)35-33(37(47)48)20(6)29(41-35)16-31-23(9-2)18(4)27(39-31)15-30(22)38-26/h8,14-16,19,21,24,38-39,42H,1,9-13H2,2-7H3,(H,43,44)(H,45,46)(H,47,48). The highest BCUT2D eigenvalue weighted by Gasteiger charge is 2.35. The van der Waals surface area contributed by atoms with Crippen molar-refractivity contribution in [2.75, 3.05) is 6.61 Å². The lowest BCUT2D eigenvalue weighted by Crippen LogP contribution is -2.34. The van der Waals surface area contributed by atoms with Crippen LogP contribution in [0.15, 0.2) is 24.8 Å². The molecular weight excluding hydrogens is 626 g/mol. The Bertz CT molecular complexity index is 2060. The smallest absolute Gasteiger partial charge is 0.338 e. The summed E-state index contributed by atoms with van der Waals surface area (Å²) in [6, 6.07) is 4.91. The summed E-state index contributed by atoms with van der Waals surface area (Å²) < 4.78 is 0. The van der Waals surface area contributed by atoms with Gasteiger partial charge in [-0.1, -0.05) is 26.5 Å². The zero-order valence-electron chi connectivity index (χ0n) is 28.7. The minimum Gasteiger partial charge on any atom is -0.481 e. The summed E-state index contributed by atoms with van der Waals surface area (Å²) in [5, 5.41) is 29.5. The third-order valence-corrected chi connectivity index (χ3v) is 9.70. The second-order valence-electron chi connectivity index (χ2n) is 12.7. The summed E-state index contributed by atoms with van der Waals surface area (Å²) in [6.45, 7) is 15.3. The van der Waals surface area contributed by atoms with Crippen molar-refractivity contribution in [3.05, 3.63) is 75.4 Å². The van der Waals surface area contributed by atoms with Crippen LogP contribution < -0.4 is 5.48 Å². The van der Waals surface area contributed by atoms with Crippen LogP contribution in [-0.4, -0.2) is 65.8 Å². The topological polar surface area (TPSA) is 191 Å². The van der Waals surface area contributed by atoms with Gasteiger partial charge >= 0.3 is 17.9 Å². The van der Waals surface area contributed by atoms with Crippen LogP contribution in [0.3, 0.4) is 0 Å². The first-order chi connectivity index (χ1) is 23.3. The highest BCUT2D eigenvalue weighted by Crippen LogP contribution is 2.43. The van der Waals surface area contributed by atoms with E-state index in [0.717, 1.165) is 50.7 Å². The van der Waals surface area contributed by atoms with Crippen LogP contribution in [0, 0.1) is 13.8 Å². The molecule has 5 rings (SSSR count). The quantitative estimate of drug-likeness (QED) is 0.0924. The zero-order valence-corrected chi connectivity index (χ0v) is 28.7. The van der Waals surface area contributed by atoms with Gasteiger partial charge in [-0.3, -0.25) is 14.6 Å². The van der Waals surface area contributed by atoms with Crippen molar-refractivity contribution in [3.63, 3.8) is 0 Å². The maximum absolute atomic E-state index is 12.9. The van der Waals surface area contributed by atoms with E-state index in [1.165, 1.54) is 6.92 Å². The van der Waals surface area contributed by atoms with Crippen LogP contribution in [0.25, 0.3) is 39.3 Å². The van der Waals surface area contributed by atoms with Crippen LogP contribution in [0.5, 0.6) is 0 Å². The van der Waals surface area contributed by atoms with Crippen LogP contribution in [0.1, 0.15) is 103 Å². The van der Waals surface area contributed by atoms with E-state index < -0.39 is 23.9 Å². The summed E-state index contributed by atoms with van der Waals surface area (Å²) in [5.41, 5.74) is 12.9. The monoisotopic (exact) mass is 669 g/mol. The number of carbonyl (C=O) groups is 3. The fourth-order valence-electron chi connectivity index (χ4n) is 6.83. The van der Waals surface area contributed by atoms with Gasteiger partial charge in [0, 0.05) is 69.3 Å². The van der Waals surface area contributed by atoms with Crippen molar-refractivity contribution in [3.8, 4) is 0 Å². The van der Waals surface area contributed by atoms with E-state index in [0.29, 0.717) is 28.2 Å². The van der Waals surface area contributed by atoms with E-state index in [1.807, 2.05) is 32.1 Å². The molecule has 0 spiro atoms. The van der Waals surface area contributed by atoms with E-state index in [9.17, 15) is 29.7 Å². The van der Waals surface area contributed by atoms with Gasteiger partial charge in [0.05, 0.1) is 23.6 Å². The minimum absolute atomic E-state index is 0.0220. The van der Waals surface area contributed by atoms with Crippen LogP contribution >= 0.6 is 0 Å². The Morgan fingerprint density at radius 2 is 1.69 bits per heavy atom. The summed E-state index contributed by atoms with van der Waals surface area (Å²) in [5.74, 6) is -3.79. The van der Waals surface area contributed by atoms with Crippen molar-refractivity contribution in [2.24, 2.45) is 0 Å². The summed E-state index contributed by atoms with van der Waals surface area (Å²) in [4.78, 5) is 58.8. The van der Waals surface area contributed by atoms with E-state index in [1.54, 1.807) is 6.92 Å². The SMILES string of the molecule is C=Cc1c(C)c2cc3nc(c(CCONC(C)C(=O)O)c4nc(cc5[nH]c(cc1[nH]2)c(C)c5CC)C(C)=C4C(=O)O)C(CCC(=O)O)C3C. The number of aliphatic carboxylic acids is 3. The largest absolute Gasteiger partial charge is 0.481 e. The number of aromatic nitrogens is 4. The van der Waals surface area contributed by atoms with E-state index in [2.05, 4.69) is 41.9 Å². The van der Waals surface area contributed by atoms with Crippen LogP contribution in [-0.2, 0) is 32.1 Å². The highest BCUT2D eigenvalue weighted by molar-refractivity contribution is 6.24. The molecule has 5 heterocycles. The molecule has 3 atom stereocenters. The molecule has 258 valence electrons. The van der Waals surface area contributed by atoms with Gasteiger partial charge in [-0.2, -0.15) is 5.48 Å². The lowest BCUT2D eigenvalue weighted by molar-refractivity contribution is -0.143. The molecule has 0 radical (unpaired) electrons. The number of carboxylic acid groups (broad SMARTS) is 3. The molecule has 3 unspecified atom stereocenters. The lowest BCUT2D eigenvalue weighted by Gasteiger charge is -2.18. The summed E-state index contributed by atoms with van der Waals surface area (Å²) >= 11 is 0. The van der Waals surface area contributed by atoms with Gasteiger partial charge in [0.25, 0.3) is 0 Å². The van der Waals surface area contributed by atoms with Gasteiger partial charge in [-0.15, -0.1) is 0 Å². The maximum atomic E-state index is 12.9. The Balaban J connectivity index is 1.92. The molecule has 6 N–H and O–H groups in total. The predicted octanol–water partition coefficient (Wildman–Crippen LogP) is 6.44. The van der Waals surface area contributed by atoms with E-state index in [4.69, 9.17) is 14.8 Å². The molecule has 8 bridgehead atoms. The van der Waals surface area contributed by atoms with Crippen molar-refractivity contribution >= 4 is 57.2 Å². The molecule has 0 fully saturated rings. The fraction of sp³-hybridized carbons (Fsp3) is 0.378. The zero-order chi connectivity index (χ0) is 35.7. The molecule has 0 aromatic carbocycles. The molecule has 3 aromatic rings. The van der Waals surface area contributed by atoms with Crippen LogP contribution in [0.2, 0.25) is 0 Å². The number of nitrogens with zero attached hydrogens (tertiary/aromatic N) is 2. The number of fused-ring (bicyclic) bond motifs is 8. The Kier molecular flexibility index (Phi) is 10.2. The first-order valence-electron chi connectivity index (χ1n) is 16.4. The molecule has 0 saturated carbocycles. The molecule has 0 amide bonds. The Morgan fingerprint density at radius 1 is 1.00 bits per heavy atom. The number of hydrogen-bond donors (Lipinski definition) is 6. The predicted molar refractivity (Wildman–Crippen MR) is 188 cm³/mol. The Hall–Kier alpha value is -5.07.